The highest BCUT2D eigenvalue weighted by Gasteiger charge is 2.30. The number of aromatic nitrogens is 3. The van der Waals surface area contributed by atoms with Crippen molar-refractivity contribution >= 4 is 28.6 Å². The predicted molar refractivity (Wildman–Crippen MR) is 113 cm³/mol. The summed E-state index contributed by atoms with van der Waals surface area (Å²) in [6, 6.07) is 11.9. The topological polar surface area (TPSA) is 72.1 Å². The first kappa shape index (κ1) is 18.2. The maximum Gasteiger partial charge on any atom is 0.273 e. The molecule has 5 rings (SSSR count). The SMILES string of the molecule is O=C(c1csc(-c2ccccc2)n1)N1CCC[C@@H](c2nnc(-c3ccsc3)o2)C1. The summed E-state index contributed by atoms with van der Waals surface area (Å²) >= 11 is 3.09. The second-order valence-corrected chi connectivity index (χ2v) is 8.59. The molecule has 1 aliphatic rings. The molecule has 3 aromatic heterocycles. The smallest absolute Gasteiger partial charge is 0.273 e. The molecular weight excluding hydrogens is 404 g/mol. The monoisotopic (exact) mass is 422 g/mol. The number of carbonyl (C=O) groups excluding carboxylic acids is 1. The fourth-order valence-electron chi connectivity index (χ4n) is 3.51. The number of amides is 1. The van der Waals surface area contributed by atoms with Crippen molar-refractivity contribution in [3.63, 3.8) is 0 Å². The minimum absolute atomic E-state index is 0.0364. The predicted octanol–water partition coefficient (Wildman–Crippen LogP) is 4.94. The molecular formula is C21H18N4O2S2. The lowest BCUT2D eigenvalue weighted by atomic mass is 9.98. The van der Waals surface area contributed by atoms with Gasteiger partial charge in [0.15, 0.2) is 0 Å². The van der Waals surface area contributed by atoms with Gasteiger partial charge in [0.05, 0.1) is 5.92 Å². The molecule has 146 valence electrons. The molecule has 0 spiro atoms. The van der Waals surface area contributed by atoms with Gasteiger partial charge in [0.1, 0.15) is 10.7 Å². The maximum atomic E-state index is 13.0. The Labute approximate surface area is 175 Å². The van der Waals surface area contributed by atoms with Gasteiger partial charge in [-0.05, 0) is 24.3 Å². The Morgan fingerprint density at radius 1 is 1.10 bits per heavy atom. The van der Waals surface area contributed by atoms with Gasteiger partial charge < -0.3 is 9.32 Å². The quantitative estimate of drug-likeness (QED) is 0.466. The van der Waals surface area contributed by atoms with E-state index < -0.39 is 0 Å². The van der Waals surface area contributed by atoms with Crippen LogP contribution in [-0.4, -0.2) is 39.1 Å². The van der Waals surface area contributed by atoms with Crippen LogP contribution < -0.4 is 0 Å². The highest BCUT2D eigenvalue weighted by Crippen LogP contribution is 2.30. The molecule has 1 fully saturated rings. The average Bonchev–Trinajstić information content (AvgIpc) is 3.55. The number of carbonyl (C=O) groups is 1. The van der Waals surface area contributed by atoms with E-state index in [1.165, 1.54) is 11.3 Å². The standard InChI is InChI=1S/C21H18N4O2S2/c26-21(17-13-29-20(22-17)14-5-2-1-3-6-14)25-9-4-7-15(11-25)18-23-24-19(27-18)16-8-10-28-12-16/h1-3,5-6,8,10,12-13,15H,4,7,9,11H2/t15-/m1/s1. The largest absolute Gasteiger partial charge is 0.420 e. The highest BCUT2D eigenvalue weighted by molar-refractivity contribution is 7.13. The van der Waals surface area contributed by atoms with Crippen molar-refractivity contribution in [1.82, 2.24) is 20.1 Å². The zero-order valence-electron chi connectivity index (χ0n) is 15.5. The van der Waals surface area contributed by atoms with Crippen molar-refractivity contribution in [1.29, 1.82) is 0 Å². The van der Waals surface area contributed by atoms with E-state index in [4.69, 9.17) is 4.42 Å². The van der Waals surface area contributed by atoms with Gasteiger partial charge in [-0.15, -0.1) is 21.5 Å². The minimum atomic E-state index is -0.0364. The van der Waals surface area contributed by atoms with Gasteiger partial charge in [0.2, 0.25) is 11.8 Å². The fraction of sp³-hybridized carbons (Fsp3) is 0.238. The molecule has 4 heterocycles. The third kappa shape index (κ3) is 3.73. The summed E-state index contributed by atoms with van der Waals surface area (Å²) in [5.74, 6) is 1.16. The number of likely N-dealkylation sites (tertiary alicyclic amines) is 1. The Hall–Kier alpha value is -2.84. The summed E-state index contributed by atoms with van der Waals surface area (Å²) in [6.07, 6.45) is 1.84. The van der Waals surface area contributed by atoms with E-state index in [1.807, 2.05) is 57.4 Å². The lowest BCUT2D eigenvalue weighted by molar-refractivity contribution is 0.0693. The molecule has 0 bridgehead atoms. The normalized spacial score (nSPS) is 16.8. The van der Waals surface area contributed by atoms with Gasteiger partial charge in [-0.3, -0.25) is 4.79 Å². The molecule has 1 atom stereocenters. The third-order valence-corrected chi connectivity index (χ3v) is 6.59. The van der Waals surface area contributed by atoms with Crippen LogP contribution in [-0.2, 0) is 0 Å². The molecule has 6 nitrogen and oxygen atoms in total. The minimum Gasteiger partial charge on any atom is -0.420 e. The number of hydrogen-bond acceptors (Lipinski definition) is 7. The van der Waals surface area contributed by atoms with Gasteiger partial charge in [0.25, 0.3) is 5.91 Å². The molecule has 0 N–H and O–H groups in total. The Morgan fingerprint density at radius 3 is 2.83 bits per heavy atom. The van der Waals surface area contributed by atoms with Crippen LogP contribution in [0.2, 0.25) is 0 Å². The Kier molecular flexibility index (Phi) is 4.95. The van der Waals surface area contributed by atoms with Gasteiger partial charge in [0, 0.05) is 35.0 Å². The molecule has 8 heteroatoms. The van der Waals surface area contributed by atoms with Crippen LogP contribution in [0, 0.1) is 0 Å². The molecule has 0 saturated carbocycles. The molecule has 1 aliphatic heterocycles. The molecule has 1 saturated heterocycles. The fourth-order valence-corrected chi connectivity index (χ4v) is 4.94. The van der Waals surface area contributed by atoms with E-state index in [0.29, 0.717) is 24.0 Å². The van der Waals surface area contributed by atoms with Crippen molar-refractivity contribution in [2.75, 3.05) is 13.1 Å². The number of benzene rings is 1. The lowest BCUT2D eigenvalue weighted by Crippen LogP contribution is -2.39. The van der Waals surface area contributed by atoms with Gasteiger partial charge in [-0.1, -0.05) is 30.3 Å². The molecule has 0 unspecified atom stereocenters. The van der Waals surface area contributed by atoms with Gasteiger partial charge in [-0.2, -0.15) is 11.3 Å². The van der Waals surface area contributed by atoms with Gasteiger partial charge in [-0.25, -0.2) is 4.98 Å². The van der Waals surface area contributed by atoms with Crippen LogP contribution in [0.4, 0.5) is 0 Å². The summed E-state index contributed by atoms with van der Waals surface area (Å²) in [5.41, 5.74) is 2.47. The van der Waals surface area contributed by atoms with Crippen LogP contribution in [0.3, 0.4) is 0 Å². The van der Waals surface area contributed by atoms with E-state index in [-0.39, 0.29) is 11.8 Å². The molecule has 1 aromatic carbocycles. The first-order valence-electron chi connectivity index (χ1n) is 9.44. The number of nitrogens with zero attached hydrogens (tertiary/aromatic N) is 4. The lowest BCUT2D eigenvalue weighted by Gasteiger charge is -2.30. The van der Waals surface area contributed by atoms with E-state index in [2.05, 4.69) is 15.2 Å². The van der Waals surface area contributed by atoms with E-state index in [9.17, 15) is 4.79 Å². The van der Waals surface area contributed by atoms with E-state index in [0.717, 1.165) is 35.5 Å². The summed E-state index contributed by atoms with van der Waals surface area (Å²) in [4.78, 5) is 19.4. The second-order valence-electron chi connectivity index (χ2n) is 6.95. The second kappa shape index (κ2) is 7.88. The van der Waals surface area contributed by atoms with E-state index >= 15 is 0 Å². The molecule has 4 aromatic rings. The van der Waals surface area contributed by atoms with E-state index in [1.54, 1.807) is 11.3 Å². The Bertz CT molecular complexity index is 1100. The first-order valence-corrected chi connectivity index (χ1v) is 11.3. The number of hydrogen-bond donors (Lipinski definition) is 0. The Balaban J connectivity index is 1.31. The molecule has 29 heavy (non-hydrogen) atoms. The number of thiophene rings is 1. The molecule has 0 aliphatic carbocycles. The maximum absolute atomic E-state index is 13.0. The van der Waals surface area contributed by atoms with Crippen molar-refractivity contribution in [2.45, 2.75) is 18.8 Å². The zero-order valence-corrected chi connectivity index (χ0v) is 17.2. The summed E-state index contributed by atoms with van der Waals surface area (Å²) in [6.45, 7) is 1.29. The molecule has 1 amide bonds. The average molecular weight is 423 g/mol. The van der Waals surface area contributed by atoms with Crippen LogP contribution in [0.5, 0.6) is 0 Å². The van der Waals surface area contributed by atoms with Crippen molar-refractivity contribution in [2.24, 2.45) is 0 Å². The van der Waals surface area contributed by atoms with Crippen LogP contribution in [0.15, 0.2) is 57.0 Å². The third-order valence-electron chi connectivity index (χ3n) is 5.01. The van der Waals surface area contributed by atoms with Crippen LogP contribution in [0.1, 0.15) is 35.1 Å². The number of thiazole rings is 1. The van der Waals surface area contributed by atoms with Crippen LogP contribution in [0.25, 0.3) is 22.0 Å². The first-order chi connectivity index (χ1) is 14.3. The summed E-state index contributed by atoms with van der Waals surface area (Å²) < 4.78 is 5.90. The summed E-state index contributed by atoms with van der Waals surface area (Å²) in [7, 11) is 0. The number of piperidine rings is 1. The van der Waals surface area contributed by atoms with Crippen LogP contribution >= 0.6 is 22.7 Å². The van der Waals surface area contributed by atoms with Crippen molar-refractivity contribution in [3.8, 4) is 22.0 Å². The molecule has 0 radical (unpaired) electrons. The summed E-state index contributed by atoms with van der Waals surface area (Å²) in [5, 5.41) is 15.1. The Morgan fingerprint density at radius 2 is 2.00 bits per heavy atom. The van der Waals surface area contributed by atoms with Gasteiger partial charge >= 0.3 is 0 Å². The highest BCUT2D eigenvalue weighted by atomic mass is 32.1. The van der Waals surface area contributed by atoms with Crippen molar-refractivity contribution in [3.05, 3.63) is 64.1 Å². The number of rotatable bonds is 4. The van der Waals surface area contributed by atoms with Crippen molar-refractivity contribution < 1.29 is 9.21 Å². The zero-order chi connectivity index (χ0) is 19.6.